The number of hydrogen-bond acceptors (Lipinski definition) is 3. The third-order valence-corrected chi connectivity index (χ3v) is 3.38. The van der Waals surface area contributed by atoms with E-state index in [9.17, 15) is 9.59 Å². The number of nitrogens with zero attached hydrogens (tertiary/aromatic N) is 1. The predicted molar refractivity (Wildman–Crippen MR) is 83.4 cm³/mol. The van der Waals surface area contributed by atoms with E-state index in [2.05, 4.69) is 18.6 Å². The highest BCUT2D eigenvalue weighted by molar-refractivity contribution is 6.30. The Balaban J connectivity index is 2.78. The number of amides is 1. The number of carbonyl (C=O) groups excluding carboxylic acids is 2. The van der Waals surface area contributed by atoms with E-state index >= 15 is 0 Å². The number of esters is 1. The molecule has 1 aromatic rings. The number of hydrogen-bond donors (Lipinski definition) is 0. The summed E-state index contributed by atoms with van der Waals surface area (Å²) < 4.78 is 4.63. The van der Waals surface area contributed by atoms with Crippen molar-refractivity contribution >= 4 is 23.5 Å². The van der Waals surface area contributed by atoms with Crippen LogP contribution in [0.25, 0.3) is 0 Å². The molecule has 0 aromatic heterocycles. The monoisotopic (exact) mass is 311 g/mol. The van der Waals surface area contributed by atoms with Crippen LogP contribution in [0.2, 0.25) is 5.02 Å². The van der Waals surface area contributed by atoms with Crippen molar-refractivity contribution in [2.45, 2.75) is 26.7 Å². The van der Waals surface area contributed by atoms with Gasteiger partial charge in [0.1, 0.15) is 0 Å². The summed E-state index contributed by atoms with van der Waals surface area (Å²) in [6.45, 7) is 5.16. The standard InChI is InChI=1S/C16H22ClNO3/c1-12(2)7-9-18(10-8-15(19)21-3)16(20)13-5-4-6-14(17)11-13/h4-6,11-12H,7-10H2,1-3H3. The molecule has 0 aliphatic carbocycles. The molecule has 0 unspecified atom stereocenters. The first-order valence-electron chi connectivity index (χ1n) is 7.05. The molecule has 0 N–H and O–H groups in total. The van der Waals surface area contributed by atoms with Gasteiger partial charge in [-0.3, -0.25) is 9.59 Å². The Bertz CT molecular complexity index is 488. The van der Waals surface area contributed by atoms with Gasteiger partial charge in [-0.1, -0.05) is 31.5 Å². The normalized spacial score (nSPS) is 10.5. The fourth-order valence-electron chi connectivity index (χ4n) is 1.86. The molecule has 1 aromatic carbocycles. The van der Waals surface area contributed by atoms with Crippen molar-refractivity contribution < 1.29 is 14.3 Å². The zero-order valence-electron chi connectivity index (χ0n) is 12.8. The Morgan fingerprint density at radius 1 is 1.29 bits per heavy atom. The maximum absolute atomic E-state index is 12.5. The number of rotatable bonds is 7. The maximum Gasteiger partial charge on any atom is 0.307 e. The molecule has 4 nitrogen and oxygen atoms in total. The quantitative estimate of drug-likeness (QED) is 0.725. The van der Waals surface area contributed by atoms with Gasteiger partial charge in [-0.25, -0.2) is 0 Å². The van der Waals surface area contributed by atoms with E-state index in [1.807, 2.05) is 0 Å². The van der Waals surface area contributed by atoms with E-state index in [1.54, 1.807) is 29.2 Å². The number of methoxy groups -OCH3 is 1. The van der Waals surface area contributed by atoms with Crippen molar-refractivity contribution in [3.05, 3.63) is 34.9 Å². The van der Waals surface area contributed by atoms with Crippen molar-refractivity contribution in [2.24, 2.45) is 5.92 Å². The summed E-state index contributed by atoms with van der Waals surface area (Å²) in [7, 11) is 1.35. The minimum Gasteiger partial charge on any atom is -0.469 e. The molecular weight excluding hydrogens is 290 g/mol. The molecule has 0 heterocycles. The van der Waals surface area contributed by atoms with Crippen LogP contribution in [0.5, 0.6) is 0 Å². The summed E-state index contributed by atoms with van der Waals surface area (Å²) in [6, 6.07) is 6.85. The molecule has 5 heteroatoms. The van der Waals surface area contributed by atoms with E-state index < -0.39 is 0 Å². The van der Waals surface area contributed by atoms with Gasteiger partial charge in [0.2, 0.25) is 0 Å². The fourth-order valence-corrected chi connectivity index (χ4v) is 2.05. The fraction of sp³-hybridized carbons (Fsp3) is 0.500. The second-order valence-electron chi connectivity index (χ2n) is 5.31. The molecule has 0 aliphatic rings. The summed E-state index contributed by atoms with van der Waals surface area (Å²) in [4.78, 5) is 25.5. The molecule has 0 radical (unpaired) electrons. The summed E-state index contributed by atoms with van der Waals surface area (Å²) in [5.74, 6) is 0.0586. The lowest BCUT2D eigenvalue weighted by Crippen LogP contribution is -2.34. The van der Waals surface area contributed by atoms with Gasteiger partial charge in [0.25, 0.3) is 5.91 Å². The summed E-state index contributed by atoms with van der Waals surface area (Å²) in [5.41, 5.74) is 0.538. The first-order valence-corrected chi connectivity index (χ1v) is 7.43. The smallest absolute Gasteiger partial charge is 0.307 e. The lowest BCUT2D eigenvalue weighted by molar-refractivity contribution is -0.140. The Morgan fingerprint density at radius 2 is 2.00 bits per heavy atom. The Kier molecular flexibility index (Phi) is 7.23. The summed E-state index contributed by atoms with van der Waals surface area (Å²) >= 11 is 5.93. The lowest BCUT2D eigenvalue weighted by atomic mass is 10.1. The number of ether oxygens (including phenoxy) is 1. The van der Waals surface area contributed by atoms with Gasteiger partial charge in [0, 0.05) is 23.7 Å². The van der Waals surface area contributed by atoms with Crippen molar-refractivity contribution in [1.82, 2.24) is 4.90 Å². The first-order chi connectivity index (χ1) is 9.93. The van der Waals surface area contributed by atoms with Gasteiger partial charge in [-0.05, 0) is 30.5 Å². The number of halogens is 1. The highest BCUT2D eigenvalue weighted by atomic mass is 35.5. The number of benzene rings is 1. The van der Waals surface area contributed by atoms with Crippen molar-refractivity contribution in [3.8, 4) is 0 Å². The molecule has 0 aliphatic heterocycles. The Labute approximate surface area is 131 Å². The van der Waals surface area contributed by atoms with Crippen LogP contribution in [0.4, 0.5) is 0 Å². The highest BCUT2D eigenvalue weighted by Gasteiger charge is 2.17. The third-order valence-electron chi connectivity index (χ3n) is 3.15. The van der Waals surface area contributed by atoms with Crippen LogP contribution in [-0.2, 0) is 9.53 Å². The van der Waals surface area contributed by atoms with Crippen LogP contribution >= 0.6 is 11.6 Å². The minimum absolute atomic E-state index is 0.109. The van der Waals surface area contributed by atoms with Gasteiger partial charge in [-0.2, -0.15) is 0 Å². The zero-order chi connectivity index (χ0) is 15.8. The van der Waals surface area contributed by atoms with Crippen LogP contribution in [0.3, 0.4) is 0 Å². The molecule has 1 rings (SSSR count). The molecule has 0 atom stereocenters. The van der Waals surface area contributed by atoms with E-state index in [0.717, 1.165) is 6.42 Å². The molecule has 0 saturated carbocycles. The largest absolute Gasteiger partial charge is 0.469 e. The number of carbonyl (C=O) groups is 2. The molecule has 116 valence electrons. The van der Waals surface area contributed by atoms with Crippen molar-refractivity contribution in [3.63, 3.8) is 0 Å². The van der Waals surface area contributed by atoms with Crippen LogP contribution in [0.1, 0.15) is 37.0 Å². The average Bonchev–Trinajstić information content (AvgIpc) is 2.46. The zero-order valence-corrected chi connectivity index (χ0v) is 13.5. The molecule has 21 heavy (non-hydrogen) atoms. The summed E-state index contributed by atoms with van der Waals surface area (Å²) in [6.07, 6.45) is 1.08. The van der Waals surface area contributed by atoms with Crippen LogP contribution in [0.15, 0.2) is 24.3 Å². The van der Waals surface area contributed by atoms with Crippen LogP contribution in [-0.4, -0.2) is 37.0 Å². The van der Waals surface area contributed by atoms with Crippen LogP contribution in [0, 0.1) is 5.92 Å². The predicted octanol–water partition coefficient (Wildman–Crippen LogP) is 3.39. The first kappa shape index (κ1) is 17.5. The average molecular weight is 312 g/mol. The van der Waals surface area contributed by atoms with Crippen molar-refractivity contribution in [2.75, 3.05) is 20.2 Å². The lowest BCUT2D eigenvalue weighted by Gasteiger charge is -2.23. The van der Waals surface area contributed by atoms with Gasteiger partial charge in [-0.15, -0.1) is 0 Å². The van der Waals surface area contributed by atoms with Gasteiger partial charge < -0.3 is 9.64 Å². The highest BCUT2D eigenvalue weighted by Crippen LogP contribution is 2.14. The maximum atomic E-state index is 12.5. The third kappa shape index (κ3) is 6.17. The van der Waals surface area contributed by atoms with Gasteiger partial charge in [0.05, 0.1) is 13.5 Å². The minimum atomic E-state index is -0.316. The molecule has 0 spiro atoms. The van der Waals surface area contributed by atoms with Gasteiger partial charge >= 0.3 is 5.97 Å². The van der Waals surface area contributed by atoms with E-state index in [4.69, 9.17) is 11.6 Å². The SMILES string of the molecule is COC(=O)CCN(CCC(C)C)C(=O)c1cccc(Cl)c1. The van der Waals surface area contributed by atoms with Crippen LogP contribution < -0.4 is 0 Å². The Morgan fingerprint density at radius 3 is 2.57 bits per heavy atom. The molecule has 1 amide bonds. The van der Waals surface area contributed by atoms with E-state index in [-0.39, 0.29) is 18.3 Å². The van der Waals surface area contributed by atoms with E-state index in [0.29, 0.717) is 29.6 Å². The molecule has 0 fully saturated rings. The second kappa shape index (κ2) is 8.67. The molecular formula is C16H22ClNO3. The topological polar surface area (TPSA) is 46.6 Å². The molecule has 0 bridgehead atoms. The van der Waals surface area contributed by atoms with Gasteiger partial charge in [0.15, 0.2) is 0 Å². The van der Waals surface area contributed by atoms with Crippen molar-refractivity contribution in [1.29, 1.82) is 0 Å². The van der Waals surface area contributed by atoms with E-state index in [1.165, 1.54) is 7.11 Å². The summed E-state index contributed by atoms with van der Waals surface area (Å²) in [5, 5.41) is 0.526. The molecule has 0 saturated heterocycles. The Hall–Kier alpha value is -1.55. The second-order valence-corrected chi connectivity index (χ2v) is 5.75.